The third kappa shape index (κ3) is 5.00. The van der Waals surface area contributed by atoms with Gasteiger partial charge in [0.2, 0.25) is 0 Å². The van der Waals surface area contributed by atoms with Crippen LogP contribution in [0.4, 0.5) is 0 Å². The van der Waals surface area contributed by atoms with Crippen LogP contribution in [0.15, 0.2) is 42.5 Å². The van der Waals surface area contributed by atoms with E-state index >= 15 is 0 Å². The lowest BCUT2D eigenvalue weighted by Gasteiger charge is -2.15. The van der Waals surface area contributed by atoms with Gasteiger partial charge in [-0.25, -0.2) is 0 Å². The predicted octanol–water partition coefficient (Wildman–Crippen LogP) is 4.39. The van der Waals surface area contributed by atoms with Gasteiger partial charge in [-0.05, 0) is 56.7 Å². The SMILES string of the molecule is CCOc1ccc(C)c(OCC)c1C=CC(=O)c1ccc(C(=O)N(C)C)cc1. The van der Waals surface area contributed by atoms with Crippen LogP contribution in [0.25, 0.3) is 6.08 Å². The number of aryl methyl sites for hydroxylation is 1. The third-order valence-corrected chi connectivity index (χ3v) is 4.17. The lowest BCUT2D eigenvalue weighted by atomic mass is 10.0. The second-order valence-electron chi connectivity index (χ2n) is 6.46. The van der Waals surface area contributed by atoms with Crippen molar-refractivity contribution in [3.8, 4) is 11.5 Å². The zero-order valence-corrected chi connectivity index (χ0v) is 17.1. The molecule has 1 amide bonds. The number of hydrogen-bond acceptors (Lipinski definition) is 4. The molecule has 0 fully saturated rings. The first kappa shape index (κ1) is 21.2. The Kier molecular flexibility index (Phi) is 7.38. The van der Waals surface area contributed by atoms with Gasteiger partial charge in [-0.1, -0.05) is 18.2 Å². The molecule has 0 aromatic heterocycles. The number of allylic oxidation sites excluding steroid dienone is 1. The second-order valence-corrected chi connectivity index (χ2v) is 6.46. The average Bonchev–Trinajstić information content (AvgIpc) is 2.69. The fraction of sp³-hybridized carbons (Fsp3) is 0.304. The van der Waals surface area contributed by atoms with E-state index in [4.69, 9.17) is 9.47 Å². The first-order chi connectivity index (χ1) is 13.4. The zero-order valence-electron chi connectivity index (χ0n) is 17.1. The molecule has 28 heavy (non-hydrogen) atoms. The van der Waals surface area contributed by atoms with Crippen molar-refractivity contribution in [3.05, 3.63) is 64.7 Å². The van der Waals surface area contributed by atoms with E-state index in [1.165, 1.54) is 11.0 Å². The Morgan fingerprint density at radius 2 is 1.54 bits per heavy atom. The van der Waals surface area contributed by atoms with Crippen molar-refractivity contribution >= 4 is 17.8 Å². The van der Waals surface area contributed by atoms with Crippen LogP contribution in [0.5, 0.6) is 11.5 Å². The number of hydrogen-bond donors (Lipinski definition) is 0. The van der Waals surface area contributed by atoms with Gasteiger partial charge in [0.05, 0.1) is 18.8 Å². The van der Waals surface area contributed by atoms with Crippen molar-refractivity contribution in [2.45, 2.75) is 20.8 Å². The number of ether oxygens (including phenoxy) is 2. The lowest BCUT2D eigenvalue weighted by molar-refractivity contribution is 0.0827. The van der Waals surface area contributed by atoms with Crippen LogP contribution in [-0.2, 0) is 0 Å². The molecule has 0 atom stereocenters. The molecule has 5 nitrogen and oxygen atoms in total. The minimum absolute atomic E-state index is 0.1000. The summed E-state index contributed by atoms with van der Waals surface area (Å²) in [5.74, 6) is 1.13. The summed E-state index contributed by atoms with van der Waals surface area (Å²) >= 11 is 0. The molecule has 0 unspecified atom stereocenters. The Morgan fingerprint density at radius 1 is 0.929 bits per heavy atom. The number of carbonyl (C=O) groups excluding carboxylic acids is 2. The van der Waals surface area contributed by atoms with E-state index < -0.39 is 0 Å². The summed E-state index contributed by atoms with van der Waals surface area (Å²) in [4.78, 5) is 26.1. The fourth-order valence-corrected chi connectivity index (χ4v) is 2.76. The normalized spacial score (nSPS) is 10.8. The molecule has 0 heterocycles. The van der Waals surface area contributed by atoms with E-state index in [2.05, 4.69) is 0 Å². The van der Waals surface area contributed by atoms with Crippen molar-refractivity contribution < 1.29 is 19.1 Å². The topological polar surface area (TPSA) is 55.8 Å². The molecule has 0 saturated heterocycles. The third-order valence-electron chi connectivity index (χ3n) is 4.17. The lowest BCUT2D eigenvalue weighted by Crippen LogP contribution is -2.21. The van der Waals surface area contributed by atoms with Gasteiger partial charge in [-0.2, -0.15) is 0 Å². The summed E-state index contributed by atoms with van der Waals surface area (Å²) < 4.78 is 11.5. The first-order valence-corrected chi connectivity index (χ1v) is 9.32. The molecule has 0 N–H and O–H groups in total. The maximum absolute atomic E-state index is 12.6. The summed E-state index contributed by atoms with van der Waals surface area (Å²) in [5, 5.41) is 0. The molecule has 2 rings (SSSR count). The first-order valence-electron chi connectivity index (χ1n) is 9.32. The van der Waals surface area contributed by atoms with Gasteiger partial charge in [0, 0.05) is 25.2 Å². The number of amides is 1. The maximum atomic E-state index is 12.6. The van der Waals surface area contributed by atoms with E-state index in [-0.39, 0.29) is 11.7 Å². The molecule has 0 aliphatic carbocycles. The Hall–Kier alpha value is -3.08. The van der Waals surface area contributed by atoms with Crippen LogP contribution in [0.3, 0.4) is 0 Å². The number of benzene rings is 2. The molecule has 2 aromatic rings. The van der Waals surface area contributed by atoms with Crippen molar-refractivity contribution in [1.29, 1.82) is 0 Å². The van der Waals surface area contributed by atoms with E-state index in [1.54, 1.807) is 44.4 Å². The molecule has 0 aliphatic heterocycles. The van der Waals surface area contributed by atoms with Gasteiger partial charge in [0.15, 0.2) is 5.78 Å². The molecule has 0 saturated carbocycles. The van der Waals surface area contributed by atoms with Gasteiger partial charge < -0.3 is 14.4 Å². The van der Waals surface area contributed by atoms with Crippen LogP contribution < -0.4 is 9.47 Å². The molecule has 0 radical (unpaired) electrons. The summed E-state index contributed by atoms with van der Waals surface area (Å²) in [5.41, 5.74) is 2.78. The van der Waals surface area contributed by atoms with E-state index in [0.29, 0.717) is 35.8 Å². The van der Waals surface area contributed by atoms with E-state index in [1.807, 2.05) is 32.9 Å². The summed E-state index contributed by atoms with van der Waals surface area (Å²) in [6.45, 7) is 6.83. The van der Waals surface area contributed by atoms with Crippen molar-refractivity contribution in [1.82, 2.24) is 4.90 Å². The van der Waals surface area contributed by atoms with Crippen molar-refractivity contribution in [2.75, 3.05) is 27.3 Å². The molecular formula is C23H27NO4. The van der Waals surface area contributed by atoms with Crippen LogP contribution in [0.1, 0.15) is 45.7 Å². The maximum Gasteiger partial charge on any atom is 0.253 e. The van der Waals surface area contributed by atoms with Crippen LogP contribution in [-0.4, -0.2) is 43.9 Å². The van der Waals surface area contributed by atoms with Crippen LogP contribution in [0, 0.1) is 6.92 Å². The average molecular weight is 381 g/mol. The fourth-order valence-electron chi connectivity index (χ4n) is 2.76. The van der Waals surface area contributed by atoms with Crippen molar-refractivity contribution in [3.63, 3.8) is 0 Å². The summed E-state index contributed by atoms with van der Waals surface area (Å²) in [6, 6.07) is 10.5. The molecule has 0 bridgehead atoms. The van der Waals surface area contributed by atoms with Crippen LogP contribution >= 0.6 is 0 Å². The standard InChI is InChI=1S/C23H27NO4/c1-6-27-21-15-8-16(3)22(28-7-2)19(21)13-14-20(25)17-9-11-18(12-10-17)23(26)24(4)5/h8-15H,6-7H2,1-5H3. The number of carbonyl (C=O) groups is 2. The minimum atomic E-state index is -0.157. The van der Waals surface area contributed by atoms with Gasteiger partial charge in [0.25, 0.3) is 5.91 Å². The Bertz CT molecular complexity index is 867. The summed E-state index contributed by atoms with van der Waals surface area (Å²) in [6.07, 6.45) is 3.23. The molecule has 0 aliphatic rings. The van der Waals surface area contributed by atoms with Crippen LogP contribution in [0.2, 0.25) is 0 Å². The molecule has 148 valence electrons. The highest BCUT2D eigenvalue weighted by molar-refractivity contribution is 6.07. The quantitative estimate of drug-likeness (QED) is 0.503. The Labute approximate surface area is 166 Å². The Morgan fingerprint density at radius 3 is 2.11 bits per heavy atom. The van der Waals surface area contributed by atoms with Gasteiger partial charge in [-0.15, -0.1) is 0 Å². The smallest absolute Gasteiger partial charge is 0.253 e. The van der Waals surface area contributed by atoms with Gasteiger partial charge in [0.1, 0.15) is 11.5 Å². The zero-order chi connectivity index (χ0) is 20.7. The molecular weight excluding hydrogens is 354 g/mol. The van der Waals surface area contributed by atoms with Gasteiger partial charge >= 0.3 is 0 Å². The largest absolute Gasteiger partial charge is 0.493 e. The number of rotatable bonds is 8. The van der Waals surface area contributed by atoms with E-state index in [0.717, 1.165) is 11.1 Å². The molecule has 0 spiro atoms. The Balaban J connectivity index is 2.30. The molecule has 2 aromatic carbocycles. The highest BCUT2D eigenvalue weighted by atomic mass is 16.5. The second kappa shape index (κ2) is 9.74. The minimum Gasteiger partial charge on any atom is -0.493 e. The van der Waals surface area contributed by atoms with E-state index in [9.17, 15) is 9.59 Å². The number of nitrogens with zero attached hydrogens (tertiary/aromatic N) is 1. The molecule has 5 heteroatoms. The predicted molar refractivity (Wildman–Crippen MR) is 111 cm³/mol. The highest BCUT2D eigenvalue weighted by Crippen LogP contribution is 2.33. The van der Waals surface area contributed by atoms with Gasteiger partial charge in [-0.3, -0.25) is 9.59 Å². The number of ketones is 1. The highest BCUT2D eigenvalue weighted by Gasteiger charge is 2.13. The monoisotopic (exact) mass is 381 g/mol. The van der Waals surface area contributed by atoms with Crippen molar-refractivity contribution in [2.24, 2.45) is 0 Å². The summed E-state index contributed by atoms with van der Waals surface area (Å²) in [7, 11) is 3.38.